The molecule has 0 aliphatic heterocycles. The number of aryl methyl sites for hydroxylation is 2. The van der Waals surface area contributed by atoms with Gasteiger partial charge in [0.15, 0.2) is 0 Å². The van der Waals surface area contributed by atoms with Crippen LogP contribution in [0.25, 0.3) is 0 Å². The first-order valence-electron chi connectivity index (χ1n) is 3.32. The third-order valence-electron chi connectivity index (χ3n) is 1.16. The highest BCUT2D eigenvalue weighted by Crippen LogP contribution is 2.08. The van der Waals surface area contributed by atoms with Gasteiger partial charge in [-0.1, -0.05) is 0 Å². The minimum absolute atomic E-state index is 0.735. The summed E-state index contributed by atoms with van der Waals surface area (Å²) in [5, 5.41) is 10.00. The van der Waals surface area contributed by atoms with Crippen LogP contribution in [0.5, 0.6) is 0 Å². The Labute approximate surface area is 64.3 Å². The highest BCUT2D eigenvalue weighted by molar-refractivity contribution is 7.11. The maximum Gasteiger partial charge on any atom is 0.117 e. The average molecular weight is 157 g/mol. The van der Waals surface area contributed by atoms with Gasteiger partial charge in [-0.05, 0) is 19.9 Å². The van der Waals surface area contributed by atoms with Crippen molar-refractivity contribution in [2.24, 2.45) is 5.73 Å². The lowest BCUT2D eigenvalue weighted by Crippen LogP contribution is -1.99. The zero-order valence-electron chi connectivity index (χ0n) is 6.00. The second kappa shape index (κ2) is 3.63. The van der Waals surface area contributed by atoms with Gasteiger partial charge in [0, 0.05) is 6.42 Å². The minimum atomic E-state index is 0.735. The summed E-state index contributed by atoms with van der Waals surface area (Å²) >= 11 is 1.65. The fourth-order valence-electron chi connectivity index (χ4n) is 0.692. The summed E-state index contributed by atoms with van der Waals surface area (Å²) in [6, 6.07) is 0. The summed E-state index contributed by atoms with van der Waals surface area (Å²) < 4.78 is 0. The number of nitrogens with two attached hydrogens (primary N) is 1. The van der Waals surface area contributed by atoms with E-state index < -0.39 is 0 Å². The number of hydrogen-bond donors (Lipinski definition) is 1. The quantitative estimate of drug-likeness (QED) is 0.704. The van der Waals surface area contributed by atoms with Crippen LogP contribution in [-0.4, -0.2) is 16.7 Å². The lowest BCUT2D eigenvalue weighted by molar-refractivity contribution is 0.810. The third-order valence-corrected chi connectivity index (χ3v) is 2.06. The van der Waals surface area contributed by atoms with Crippen molar-refractivity contribution in [3.05, 3.63) is 10.0 Å². The number of hydrogen-bond acceptors (Lipinski definition) is 4. The van der Waals surface area contributed by atoms with E-state index in [9.17, 15) is 0 Å². The molecular weight excluding hydrogens is 146 g/mol. The fourth-order valence-corrected chi connectivity index (χ4v) is 1.44. The Morgan fingerprint density at radius 1 is 1.50 bits per heavy atom. The standard InChI is InChI=1S/C6H11N3S/c1-5-8-9-6(10-5)3-2-4-7/h2-4,7H2,1H3. The number of nitrogens with zero attached hydrogens (tertiary/aromatic N) is 2. The van der Waals surface area contributed by atoms with Crippen LogP contribution in [0.15, 0.2) is 0 Å². The molecule has 0 aliphatic carbocycles. The van der Waals surface area contributed by atoms with Gasteiger partial charge in [0.1, 0.15) is 10.0 Å². The van der Waals surface area contributed by atoms with Gasteiger partial charge in [-0.2, -0.15) is 0 Å². The smallest absolute Gasteiger partial charge is 0.117 e. The van der Waals surface area contributed by atoms with Crippen LogP contribution < -0.4 is 5.73 Å². The van der Waals surface area contributed by atoms with Crippen molar-refractivity contribution in [2.45, 2.75) is 19.8 Å². The second-order valence-electron chi connectivity index (χ2n) is 2.11. The van der Waals surface area contributed by atoms with Crippen molar-refractivity contribution in [1.29, 1.82) is 0 Å². The Kier molecular flexibility index (Phi) is 2.77. The van der Waals surface area contributed by atoms with Crippen molar-refractivity contribution in [2.75, 3.05) is 6.54 Å². The van der Waals surface area contributed by atoms with Crippen LogP contribution in [0.2, 0.25) is 0 Å². The van der Waals surface area contributed by atoms with Crippen LogP contribution in [0.1, 0.15) is 16.4 Å². The van der Waals surface area contributed by atoms with Crippen molar-refractivity contribution < 1.29 is 0 Å². The monoisotopic (exact) mass is 157 g/mol. The summed E-state index contributed by atoms with van der Waals surface area (Å²) in [6.07, 6.45) is 1.98. The molecular formula is C6H11N3S. The van der Waals surface area contributed by atoms with Crippen LogP contribution in [0, 0.1) is 6.92 Å². The van der Waals surface area contributed by atoms with Crippen molar-refractivity contribution in [1.82, 2.24) is 10.2 Å². The first-order valence-corrected chi connectivity index (χ1v) is 4.13. The molecule has 1 heterocycles. The molecule has 0 aromatic carbocycles. The molecule has 0 spiro atoms. The van der Waals surface area contributed by atoms with Gasteiger partial charge in [0.25, 0.3) is 0 Å². The molecule has 2 N–H and O–H groups in total. The summed E-state index contributed by atoms with van der Waals surface area (Å²) in [6.45, 7) is 2.70. The molecule has 0 amide bonds. The van der Waals surface area contributed by atoms with Crippen molar-refractivity contribution in [3.8, 4) is 0 Å². The Morgan fingerprint density at radius 3 is 2.80 bits per heavy atom. The van der Waals surface area contributed by atoms with Crippen LogP contribution in [0.4, 0.5) is 0 Å². The third kappa shape index (κ3) is 2.04. The van der Waals surface area contributed by atoms with Crippen molar-refractivity contribution >= 4 is 11.3 Å². The molecule has 0 bridgehead atoms. The van der Waals surface area contributed by atoms with E-state index in [1.54, 1.807) is 11.3 Å². The number of aromatic nitrogens is 2. The SMILES string of the molecule is Cc1nnc(CCCN)s1. The molecule has 1 aromatic heterocycles. The van der Waals surface area contributed by atoms with Gasteiger partial charge in [-0.25, -0.2) is 0 Å². The van der Waals surface area contributed by atoms with Gasteiger partial charge >= 0.3 is 0 Å². The Hall–Kier alpha value is -0.480. The Bertz CT molecular complexity index is 197. The predicted molar refractivity (Wildman–Crippen MR) is 42.0 cm³/mol. The predicted octanol–water partition coefficient (Wildman–Crippen LogP) is 0.738. The van der Waals surface area contributed by atoms with E-state index in [0.717, 1.165) is 29.4 Å². The van der Waals surface area contributed by atoms with Gasteiger partial charge in [0.2, 0.25) is 0 Å². The summed E-state index contributed by atoms with van der Waals surface area (Å²) in [4.78, 5) is 0. The topological polar surface area (TPSA) is 51.8 Å². The summed E-state index contributed by atoms with van der Waals surface area (Å²) in [5.41, 5.74) is 5.34. The van der Waals surface area contributed by atoms with Crippen LogP contribution in [-0.2, 0) is 6.42 Å². The van der Waals surface area contributed by atoms with E-state index in [-0.39, 0.29) is 0 Å². The normalized spacial score (nSPS) is 10.2. The van der Waals surface area contributed by atoms with E-state index in [1.807, 2.05) is 6.92 Å². The molecule has 0 saturated carbocycles. The Morgan fingerprint density at radius 2 is 2.30 bits per heavy atom. The van der Waals surface area contributed by atoms with E-state index in [1.165, 1.54) is 0 Å². The van der Waals surface area contributed by atoms with Gasteiger partial charge < -0.3 is 5.73 Å². The summed E-state index contributed by atoms with van der Waals surface area (Å²) in [7, 11) is 0. The molecule has 0 atom stereocenters. The molecule has 1 aromatic rings. The first kappa shape index (κ1) is 7.63. The van der Waals surface area contributed by atoms with Gasteiger partial charge in [0.05, 0.1) is 0 Å². The number of rotatable bonds is 3. The van der Waals surface area contributed by atoms with Crippen molar-refractivity contribution in [3.63, 3.8) is 0 Å². The molecule has 0 unspecified atom stereocenters. The molecule has 4 heteroatoms. The van der Waals surface area contributed by atoms with Crippen LogP contribution >= 0.6 is 11.3 Å². The lowest BCUT2D eigenvalue weighted by atomic mass is 10.3. The maximum atomic E-state index is 5.34. The lowest BCUT2D eigenvalue weighted by Gasteiger charge is -1.88. The molecule has 3 nitrogen and oxygen atoms in total. The van der Waals surface area contributed by atoms with E-state index in [4.69, 9.17) is 5.73 Å². The molecule has 10 heavy (non-hydrogen) atoms. The molecule has 1 rings (SSSR count). The van der Waals surface area contributed by atoms with Gasteiger partial charge in [-0.3, -0.25) is 0 Å². The molecule has 56 valence electrons. The second-order valence-corrected chi connectivity index (χ2v) is 3.37. The van der Waals surface area contributed by atoms with Gasteiger partial charge in [-0.15, -0.1) is 21.5 Å². The Balaban J connectivity index is 2.42. The first-order chi connectivity index (χ1) is 4.83. The van der Waals surface area contributed by atoms with E-state index in [2.05, 4.69) is 10.2 Å². The average Bonchev–Trinajstić information content (AvgIpc) is 2.31. The minimum Gasteiger partial charge on any atom is -0.330 e. The largest absolute Gasteiger partial charge is 0.330 e. The van der Waals surface area contributed by atoms with Crippen LogP contribution in [0.3, 0.4) is 0 Å². The fraction of sp³-hybridized carbons (Fsp3) is 0.667. The molecule has 0 saturated heterocycles. The summed E-state index contributed by atoms with van der Waals surface area (Å²) in [5.74, 6) is 0. The molecule has 0 radical (unpaired) electrons. The molecule has 0 fully saturated rings. The zero-order valence-corrected chi connectivity index (χ0v) is 6.82. The highest BCUT2D eigenvalue weighted by Gasteiger charge is 1.97. The molecule has 0 aliphatic rings. The van der Waals surface area contributed by atoms with E-state index >= 15 is 0 Å². The van der Waals surface area contributed by atoms with E-state index in [0.29, 0.717) is 0 Å². The maximum absolute atomic E-state index is 5.34. The zero-order chi connectivity index (χ0) is 7.40. The highest BCUT2D eigenvalue weighted by atomic mass is 32.1.